The Morgan fingerprint density at radius 3 is 2.58 bits per heavy atom. The molecule has 2 aromatic carbocycles. The molecule has 6 nitrogen and oxygen atoms in total. The minimum Gasteiger partial charge on any atom is -0.449 e. The van der Waals surface area contributed by atoms with Crippen LogP contribution in [0.25, 0.3) is 22.4 Å². The van der Waals surface area contributed by atoms with Crippen LogP contribution in [0.2, 0.25) is 0 Å². The fraction of sp³-hybridized carbons (Fsp3) is 0.150. The van der Waals surface area contributed by atoms with Gasteiger partial charge >= 0.3 is 5.97 Å². The molecule has 26 heavy (non-hydrogen) atoms. The molecule has 2 heterocycles. The average molecular weight is 348 g/mol. The van der Waals surface area contributed by atoms with Crippen LogP contribution < -0.4 is 0 Å². The molecule has 0 radical (unpaired) electrons. The second-order valence-corrected chi connectivity index (χ2v) is 6.01. The standard InChI is InChI=1S/C20H16N2O4/c1-12-7-9-14(10-8-12)19-22-21-18(26-19)13(2)24-20(23)17-11-15-5-3-4-6-16(15)25-17/h3-11,13H,1-2H3/t13-/m1/s1. The van der Waals surface area contributed by atoms with E-state index in [4.69, 9.17) is 13.6 Å². The van der Waals surface area contributed by atoms with Gasteiger partial charge in [-0.1, -0.05) is 35.9 Å². The molecule has 6 heteroatoms. The Balaban J connectivity index is 1.50. The predicted molar refractivity (Wildman–Crippen MR) is 94.5 cm³/mol. The van der Waals surface area contributed by atoms with E-state index in [1.807, 2.05) is 49.4 Å². The molecule has 0 bridgehead atoms. The summed E-state index contributed by atoms with van der Waals surface area (Å²) in [6.07, 6.45) is -0.692. The van der Waals surface area contributed by atoms with Crippen molar-refractivity contribution in [3.05, 3.63) is 71.8 Å². The zero-order valence-electron chi connectivity index (χ0n) is 14.3. The number of fused-ring (bicyclic) bond motifs is 1. The third kappa shape index (κ3) is 3.09. The van der Waals surface area contributed by atoms with Crippen molar-refractivity contribution in [1.29, 1.82) is 0 Å². The second kappa shape index (κ2) is 6.48. The van der Waals surface area contributed by atoms with Gasteiger partial charge in [0, 0.05) is 10.9 Å². The van der Waals surface area contributed by atoms with Crippen molar-refractivity contribution in [3.8, 4) is 11.5 Å². The van der Waals surface area contributed by atoms with E-state index in [9.17, 15) is 4.79 Å². The molecular formula is C20H16N2O4. The molecule has 0 saturated carbocycles. The number of carbonyl (C=O) groups is 1. The van der Waals surface area contributed by atoms with Gasteiger partial charge in [-0.15, -0.1) is 10.2 Å². The molecule has 0 aliphatic heterocycles. The van der Waals surface area contributed by atoms with Gasteiger partial charge in [-0.05, 0) is 38.1 Å². The lowest BCUT2D eigenvalue weighted by molar-refractivity contribution is 0.0247. The Hall–Kier alpha value is -3.41. The lowest BCUT2D eigenvalue weighted by Gasteiger charge is -2.07. The first kappa shape index (κ1) is 16.1. The molecular weight excluding hydrogens is 332 g/mol. The van der Waals surface area contributed by atoms with Crippen LogP contribution in [0.4, 0.5) is 0 Å². The van der Waals surface area contributed by atoms with Gasteiger partial charge < -0.3 is 13.6 Å². The molecule has 0 N–H and O–H groups in total. The van der Waals surface area contributed by atoms with E-state index in [2.05, 4.69) is 10.2 Å². The third-order valence-corrected chi connectivity index (χ3v) is 4.00. The summed E-state index contributed by atoms with van der Waals surface area (Å²) < 4.78 is 16.5. The summed E-state index contributed by atoms with van der Waals surface area (Å²) in [4.78, 5) is 12.3. The van der Waals surface area contributed by atoms with E-state index >= 15 is 0 Å². The van der Waals surface area contributed by atoms with Crippen LogP contribution in [0.1, 0.15) is 35.0 Å². The Kier molecular flexibility index (Phi) is 4.01. The maximum atomic E-state index is 12.3. The van der Waals surface area contributed by atoms with Crippen LogP contribution in [-0.4, -0.2) is 16.2 Å². The Labute approximate surface area is 149 Å². The maximum absolute atomic E-state index is 12.3. The summed E-state index contributed by atoms with van der Waals surface area (Å²) in [7, 11) is 0. The number of ether oxygens (including phenoxy) is 1. The normalized spacial score (nSPS) is 12.2. The van der Waals surface area contributed by atoms with Crippen LogP contribution in [-0.2, 0) is 4.74 Å². The predicted octanol–water partition coefficient (Wildman–Crippen LogP) is 4.71. The largest absolute Gasteiger partial charge is 0.449 e. The molecule has 0 fully saturated rings. The maximum Gasteiger partial charge on any atom is 0.375 e. The van der Waals surface area contributed by atoms with E-state index in [-0.39, 0.29) is 11.7 Å². The lowest BCUT2D eigenvalue weighted by atomic mass is 10.1. The number of hydrogen-bond acceptors (Lipinski definition) is 6. The highest BCUT2D eigenvalue weighted by Gasteiger charge is 2.22. The summed E-state index contributed by atoms with van der Waals surface area (Å²) in [5.74, 6) is 0.164. The number of aryl methyl sites for hydroxylation is 1. The van der Waals surface area contributed by atoms with Crippen LogP contribution in [0.5, 0.6) is 0 Å². The molecule has 0 unspecified atom stereocenters. The monoisotopic (exact) mass is 348 g/mol. The van der Waals surface area contributed by atoms with Crippen molar-refractivity contribution in [1.82, 2.24) is 10.2 Å². The van der Waals surface area contributed by atoms with Gasteiger partial charge in [-0.25, -0.2) is 4.79 Å². The average Bonchev–Trinajstić information content (AvgIpc) is 3.29. The smallest absolute Gasteiger partial charge is 0.375 e. The Morgan fingerprint density at radius 2 is 1.81 bits per heavy atom. The summed E-state index contributed by atoms with van der Waals surface area (Å²) in [5.41, 5.74) is 2.58. The van der Waals surface area contributed by atoms with Gasteiger partial charge in [-0.2, -0.15) is 0 Å². The molecule has 2 aromatic heterocycles. The van der Waals surface area contributed by atoms with Crippen LogP contribution in [0.15, 0.2) is 63.4 Å². The first-order valence-electron chi connectivity index (χ1n) is 8.20. The molecule has 0 spiro atoms. The van der Waals surface area contributed by atoms with Crippen LogP contribution in [0.3, 0.4) is 0 Å². The highest BCUT2D eigenvalue weighted by Crippen LogP contribution is 2.25. The Bertz CT molecular complexity index is 1030. The molecule has 0 aliphatic rings. The fourth-order valence-electron chi connectivity index (χ4n) is 2.56. The molecule has 0 aliphatic carbocycles. The number of nitrogens with zero attached hydrogens (tertiary/aromatic N) is 2. The minimum absolute atomic E-state index is 0.135. The number of carbonyl (C=O) groups excluding carboxylic acids is 1. The summed E-state index contributed by atoms with van der Waals surface area (Å²) in [6, 6.07) is 16.8. The zero-order chi connectivity index (χ0) is 18.1. The minimum atomic E-state index is -0.692. The number of furan rings is 1. The number of esters is 1. The van der Waals surface area contributed by atoms with E-state index < -0.39 is 12.1 Å². The van der Waals surface area contributed by atoms with Crippen LogP contribution >= 0.6 is 0 Å². The van der Waals surface area contributed by atoms with Crippen LogP contribution in [0, 0.1) is 6.92 Å². The number of rotatable bonds is 4. The van der Waals surface area contributed by atoms with Gasteiger partial charge in [0.05, 0.1) is 0 Å². The van der Waals surface area contributed by atoms with Crippen molar-refractivity contribution in [2.75, 3.05) is 0 Å². The van der Waals surface area contributed by atoms with Gasteiger partial charge in [0.1, 0.15) is 5.58 Å². The van der Waals surface area contributed by atoms with E-state index in [1.165, 1.54) is 0 Å². The Morgan fingerprint density at radius 1 is 1.04 bits per heavy atom. The molecule has 0 saturated heterocycles. The fourth-order valence-corrected chi connectivity index (χ4v) is 2.56. The highest BCUT2D eigenvalue weighted by atomic mass is 16.6. The number of hydrogen-bond donors (Lipinski definition) is 0. The highest BCUT2D eigenvalue weighted by molar-refractivity contribution is 5.92. The lowest BCUT2D eigenvalue weighted by Crippen LogP contribution is -2.08. The van der Waals surface area contributed by atoms with Gasteiger partial charge in [0.25, 0.3) is 5.89 Å². The molecule has 130 valence electrons. The number of para-hydroxylation sites is 1. The third-order valence-electron chi connectivity index (χ3n) is 4.00. The van der Waals surface area contributed by atoms with Gasteiger partial charge in [0.15, 0.2) is 6.10 Å². The summed E-state index contributed by atoms with van der Waals surface area (Å²) in [6.45, 7) is 3.68. The molecule has 1 atom stereocenters. The quantitative estimate of drug-likeness (QED) is 0.497. The number of benzene rings is 2. The molecule has 4 aromatic rings. The van der Waals surface area contributed by atoms with Crippen molar-refractivity contribution in [2.24, 2.45) is 0 Å². The van der Waals surface area contributed by atoms with Crippen molar-refractivity contribution in [2.45, 2.75) is 20.0 Å². The summed E-state index contributed by atoms with van der Waals surface area (Å²) in [5, 5.41) is 8.84. The van der Waals surface area contributed by atoms with Crippen molar-refractivity contribution in [3.63, 3.8) is 0 Å². The first-order valence-corrected chi connectivity index (χ1v) is 8.20. The first-order chi connectivity index (χ1) is 12.6. The van der Waals surface area contributed by atoms with E-state index in [0.717, 1.165) is 16.5 Å². The molecule has 4 rings (SSSR count). The number of aromatic nitrogens is 2. The van der Waals surface area contributed by atoms with Crippen molar-refractivity contribution >= 4 is 16.9 Å². The van der Waals surface area contributed by atoms with E-state index in [1.54, 1.807) is 19.1 Å². The zero-order valence-corrected chi connectivity index (χ0v) is 14.3. The SMILES string of the molecule is Cc1ccc(-c2nnc([C@@H](C)OC(=O)c3cc4ccccc4o3)o2)cc1. The second-order valence-electron chi connectivity index (χ2n) is 6.01. The van der Waals surface area contributed by atoms with Crippen molar-refractivity contribution < 1.29 is 18.4 Å². The molecule has 0 amide bonds. The van der Waals surface area contributed by atoms with E-state index in [0.29, 0.717) is 11.5 Å². The topological polar surface area (TPSA) is 78.4 Å². The van der Waals surface area contributed by atoms with Gasteiger partial charge in [-0.3, -0.25) is 0 Å². The summed E-state index contributed by atoms with van der Waals surface area (Å²) >= 11 is 0. The van der Waals surface area contributed by atoms with Gasteiger partial charge in [0.2, 0.25) is 11.7 Å².